The first-order chi connectivity index (χ1) is 11.9. The highest BCUT2D eigenvalue weighted by atomic mass is 16.5. The van der Waals surface area contributed by atoms with Gasteiger partial charge in [-0.1, -0.05) is 6.08 Å². The zero-order valence-electron chi connectivity index (χ0n) is 14.1. The first-order valence-electron chi connectivity index (χ1n) is 6.84. The lowest BCUT2D eigenvalue weighted by molar-refractivity contribution is -0.144. The molecule has 9 nitrogen and oxygen atoms in total. The van der Waals surface area contributed by atoms with Crippen molar-refractivity contribution in [2.24, 2.45) is 0 Å². The first kappa shape index (κ1) is 19.7. The number of allylic oxidation sites excluding steroid dienone is 3. The predicted octanol–water partition coefficient (Wildman–Crippen LogP) is 0.202. The molecule has 0 spiro atoms. The number of hydrogen-bond acceptors (Lipinski definition) is 9. The molecule has 0 saturated carbocycles. The summed E-state index contributed by atoms with van der Waals surface area (Å²) >= 11 is 0. The van der Waals surface area contributed by atoms with Gasteiger partial charge in [-0.25, -0.2) is 19.2 Å². The van der Waals surface area contributed by atoms with Crippen molar-refractivity contribution in [3.05, 3.63) is 47.5 Å². The Balaban J connectivity index is 3.61. The molecule has 1 aliphatic rings. The van der Waals surface area contributed by atoms with Gasteiger partial charge in [0.05, 0.1) is 40.2 Å². The van der Waals surface area contributed by atoms with E-state index < -0.39 is 29.5 Å². The fourth-order valence-electron chi connectivity index (χ4n) is 1.86. The number of hydrogen-bond donors (Lipinski definition) is 0. The van der Waals surface area contributed by atoms with Gasteiger partial charge in [-0.15, -0.1) is 0 Å². The number of esters is 4. The van der Waals surface area contributed by atoms with E-state index in [-0.39, 0.29) is 11.4 Å². The van der Waals surface area contributed by atoms with Gasteiger partial charge in [-0.05, 0) is 12.2 Å². The second-order valence-corrected chi connectivity index (χ2v) is 4.36. The lowest BCUT2D eigenvalue weighted by atomic mass is 10.1. The van der Waals surface area contributed by atoms with E-state index in [2.05, 4.69) is 18.9 Å². The Labute approximate surface area is 143 Å². The molecule has 0 amide bonds. The minimum atomic E-state index is -0.978. The maximum absolute atomic E-state index is 12.1. The quantitative estimate of drug-likeness (QED) is 0.226. The first-order valence-corrected chi connectivity index (χ1v) is 6.84. The summed E-state index contributed by atoms with van der Waals surface area (Å²) in [5, 5.41) is 0. The van der Waals surface area contributed by atoms with Crippen molar-refractivity contribution in [3.63, 3.8) is 0 Å². The summed E-state index contributed by atoms with van der Waals surface area (Å²) in [5.41, 5.74) is -0.790. The van der Waals surface area contributed by atoms with Crippen molar-refractivity contribution in [1.29, 1.82) is 0 Å². The molecule has 0 aromatic carbocycles. The molecule has 0 radical (unpaired) electrons. The molecule has 25 heavy (non-hydrogen) atoms. The minimum Gasteiger partial charge on any atom is -0.466 e. The second-order valence-electron chi connectivity index (χ2n) is 4.36. The highest BCUT2D eigenvalue weighted by Crippen LogP contribution is 2.24. The largest absolute Gasteiger partial charge is 0.466 e. The van der Waals surface area contributed by atoms with Crippen molar-refractivity contribution in [1.82, 2.24) is 4.90 Å². The maximum Gasteiger partial charge on any atom is 0.355 e. The van der Waals surface area contributed by atoms with Crippen molar-refractivity contribution in [3.8, 4) is 0 Å². The molecule has 0 bridgehead atoms. The third kappa shape index (κ3) is 4.56. The van der Waals surface area contributed by atoms with Crippen LogP contribution >= 0.6 is 0 Å². The Morgan fingerprint density at radius 2 is 1.40 bits per heavy atom. The monoisotopic (exact) mass is 351 g/mol. The number of ether oxygens (including phenoxy) is 4. The SMILES string of the molecule is COC(=O)C=C(C(=O)OC)N1C=CC=CC1=C(C(=O)OC)C(=O)OC. The van der Waals surface area contributed by atoms with E-state index in [0.29, 0.717) is 0 Å². The summed E-state index contributed by atoms with van der Waals surface area (Å²) in [7, 11) is 4.42. The van der Waals surface area contributed by atoms with Crippen LogP contribution in [-0.2, 0) is 38.1 Å². The molecule has 134 valence electrons. The third-order valence-corrected chi connectivity index (χ3v) is 3.00. The Bertz CT molecular complexity index is 681. The van der Waals surface area contributed by atoms with E-state index >= 15 is 0 Å². The highest BCUT2D eigenvalue weighted by Gasteiger charge is 2.31. The second kappa shape index (κ2) is 9.06. The third-order valence-electron chi connectivity index (χ3n) is 3.00. The van der Waals surface area contributed by atoms with Crippen LogP contribution in [0.5, 0.6) is 0 Å². The summed E-state index contributed by atoms with van der Waals surface area (Å²) < 4.78 is 18.3. The molecule has 0 fully saturated rings. The van der Waals surface area contributed by atoms with Crippen LogP contribution < -0.4 is 0 Å². The lowest BCUT2D eigenvalue weighted by Gasteiger charge is -2.26. The topological polar surface area (TPSA) is 108 Å². The van der Waals surface area contributed by atoms with Gasteiger partial charge >= 0.3 is 23.9 Å². The Morgan fingerprint density at radius 1 is 0.840 bits per heavy atom. The average molecular weight is 351 g/mol. The van der Waals surface area contributed by atoms with Crippen LogP contribution in [0.4, 0.5) is 0 Å². The Kier molecular flexibility index (Phi) is 7.14. The number of rotatable bonds is 5. The maximum atomic E-state index is 12.1. The Hall–Kier alpha value is -3.36. The van der Waals surface area contributed by atoms with E-state index in [1.54, 1.807) is 0 Å². The molecule has 1 heterocycles. The van der Waals surface area contributed by atoms with E-state index in [1.165, 1.54) is 24.4 Å². The summed E-state index contributed by atoms with van der Waals surface area (Å²) in [6, 6.07) is 0. The zero-order valence-corrected chi connectivity index (χ0v) is 14.1. The molecule has 0 aliphatic carbocycles. The summed E-state index contributed by atoms with van der Waals surface area (Å²) in [6.07, 6.45) is 6.63. The molecule has 0 atom stereocenters. The molecule has 9 heteroatoms. The average Bonchev–Trinajstić information content (AvgIpc) is 2.65. The summed E-state index contributed by atoms with van der Waals surface area (Å²) in [4.78, 5) is 48.8. The van der Waals surface area contributed by atoms with Gasteiger partial charge in [0.25, 0.3) is 0 Å². The highest BCUT2D eigenvalue weighted by molar-refractivity contribution is 6.15. The predicted molar refractivity (Wildman–Crippen MR) is 83.3 cm³/mol. The van der Waals surface area contributed by atoms with Crippen LogP contribution in [0.25, 0.3) is 0 Å². The van der Waals surface area contributed by atoms with Crippen molar-refractivity contribution < 1.29 is 38.1 Å². The molecular formula is C16H17NO8. The van der Waals surface area contributed by atoms with Crippen molar-refractivity contribution >= 4 is 23.9 Å². The summed E-state index contributed by atoms with van der Waals surface area (Å²) in [5.74, 6) is -3.68. The Morgan fingerprint density at radius 3 is 1.88 bits per heavy atom. The smallest absolute Gasteiger partial charge is 0.355 e. The number of carbonyl (C=O) groups is 4. The van der Waals surface area contributed by atoms with E-state index in [4.69, 9.17) is 0 Å². The van der Waals surface area contributed by atoms with E-state index in [0.717, 1.165) is 39.4 Å². The van der Waals surface area contributed by atoms with Gasteiger partial charge in [0.1, 0.15) is 5.70 Å². The lowest BCUT2D eigenvalue weighted by Crippen LogP contribution is -2.29. The minimum absolute atomic E-state index is 0.0400. The van der Waals surface area contributed by atoms with Crippen LogP contribution in [-0.4, -0.2) is 57.2 Å². The zero-order chi connectivity index (χ0) is 19.0. The van der Waals surface area contributed by atoms with Gasteiger partial charge in [0.2, 0.25) is 0 Å². The fourth-order valence-corrected chi connectivity index (χ4v) is 1.86. The van der Waals surface area contributed by atoms with Crippen LogP contribution in [0.3, 0.4) is 0 Å². The number of carbonyl (C=O) groups excluding carboxylic acids is 4. The number of methoxy groups -OCH3 is 4. The molecule has 1 rings (SSSR count). The van der Waals surface area contributed by atoms with Crippen molar-refractivity contribution in [2.45, 2.75) is 0 Å². The van der Waals surface area contributed by atoms with Gasteiger partial charge in [0.15, 0.2) is 5.57 Å². The van der Waals surface area contributed by atoms with Gasteiger partial charge in [0, 0.05) is 6.20 Å². The molecular weight excluding hydrogens is 334 g/mol. The molecule has 0 aromatic rings. The normalized spacial score (nSPS) is 13.2. The fraction of sp³-hybridized carbons (Fsp3) is 0.250. The van der Waals surface area contributed by atoms with Crippen LogP contribution in [0.2, 0.25) is 0 Å². The molecule has 0 aromatic heterocycles. The molecule has 0 unspecified atom stereocenters. The van der Waals surface area contributed by atoms with Gasteiger partial charge in [-0.3, -0.25) is 0 Å². The van der Waals surface area contributed by atoms with Gasteiger partial charge < -0.3 is 23.8 Å². The molecule has 0 N–H and O–H groups in total. The standard InChI is InChI=1S/C16H17NO8/c1-22-12(18)9-11(14(19)23-2)17-8-6-5-7-10(17)13(15(20)24-3)16(21)25-4/h5-9H,1-4H3. The summed E-state index contributed by atoms with van der Waals surface area (Å²) in [6.45, 7) is 0. The molecule has 0 saturated heterocycles. The molecule has 1 aliphatic heterocycles. The van der Waals surface area contributed by atoms with Crippen molar-refractivity contribution in [2.75, 3.05) is 28.4 Å². The van der Waals surface area contributed by atoms with Crippen LogP contribution in [0.15, 0.2) is 47.5 Å². The van der Waals surface area contributed by atoms with Crippen LogP contribution in [0.1, 0.15) is 0 Å². The van der Waals surface area contributed by atoms with E-state index in [1.807, 2.05) is 0 Å². The van der Waals surface area contributed by atoms with Gasteiger partial charge in [-0.2, -0.15) is 0 Å². The van der Waals surface area contributed by atoms with Crippen LogP contribution in [0, 0.1) is 0 Å². The number of nitrogens with zero attached hydrogens (tertiary/aromatic N) is 1. The van der Waals surface area contributed by atoms with E-state index in [9.17, 15) is 19.2 Å².